The molecular weight excluding hydrogens is 699 g/mol. The van der Waals surface area contributed by atoms with Crippen molar-refractivity contribution in [1.29, 1.82) is 0 Å². The zero-order valence-electron chi connectivity index (χ0n) is 32.2. The number of nitrogens with one attached hydrogen (secondary N) is 1. The molecule has 2 aliphatic rings. The Balaban J connectivity index is 1.19. The molecule has 0 aliphatic carbocycles. The zero-order chi connectivity index (χ0) is 37.9. The van der Waals surface area contributed by atoms with Crippen LogP contribution in [0, 0.1) is 6.92 Å². The van der Waals surface area contributed by atoms with Gasteiger partial charge in [-0.25, -0.2) is 4.98 Å². The van der Waals surface area contributed by atoms with Crippen LogP contribution in [-0.2, 0) is 37.4 Å². The van der Waals surface area contributed by atoms with Crippen LogP contribution in [0.3, 0.4) is 0 Å². The van der Waals surface area contributed by atoms with Gasteiger partial charge in [-0.15, -0.1) is 0 Å². The molecule has 0 radical (unpaired) electrons. The van der Waals surface area contributed by atoms with Gasteiger partial charge in [-0.2, -0.15) is 0 Å². The molecule has 11 heteroatoms. The lowest BCUT2D eigenvalue weighted by Crippen LogP contribution is -2.46. The Morgan fingerprint density at radius 3 is 2.56 bits per heavy atom. The van der Waals surface area contributed by atoms with E-state index in [2.05, 4.69) is 71.3 Å². The Labute approximate surface area is 323 Å². The number of ether oxygens (including phenoxy) is 3. The van der Waals surface area contributed by atoms with Gasteiger partial charge in [-0.05, 0) is 111 Å². The predicted molar refractivity (Wildman–Crippen MR) is 218 cm³/mol. The van der Waals surface area contributed by atoms with Gasteiger partial charge in [0.05, 0.1) is 53.6 Å². The zero-order valence-corrected chi connectivity index (χ0v) is 33.0. The summed E-state index contributed by atoms with van der Waals surface area (Å²) in [6.07, 6.45) is 7.61. The van der Waals surface area contributed by atoms with Crippen LogP contribution in [0.15, 0.2) is 83.5 Å². The minimum atomic E-state index is -1.23. The molecule has 1 saturated heterocycles. The van der Waals surface area contributed by atoms with Crippen LogP contribution in [0.2, 0.25) is 0 Å². The molecule has 2 atom stereocenters. The average molecular weight is 754 g/mol. The van der Waals surface area contributed by atoms with Crippen molar-refractivity contribution in [1.82, 2.24) is 14.5 Å². The van der Waals surface area contributed by atoms with E-state index >= 15 is 0 Å². The smallest absolute Gasteiger partial charge is 0.251 e. The molecule has 0 bridgehead atoms. The second-order valence-electron chi connectivity index (χ2n) is 14.1. The largest absolute Gasteiger partial charge is 0.491 e. The first-order valence-electron chi connectivity index (χ1n) is 19.3. The molecule has 0 spiro atoms. The van der Waals surface area contributed by atoms with Gasteiger partial charge in [0.15, 0.2) is 0 Å². The van der Waals surface area contributed by atoms with E-state index in [1.807, 2.05) is 54.0 Å². The van der Waals surface area contributed by atoms with Crippen LogP contribution in [0.5, 0.6) is 5.75 Å². The number of fused-ring (bicyclic) bond motifs is 1. The summed E-state index contributed by atoms with van der Waals surface area (Å²) in [5.74, 6) is 1.07. The predicted octanol–water partition coefficient (Wildman–Crippen LogP) is 7.33. The molecule has 1 amide bonds. The van der Waals surface area contributed by atoms with E-state index in [4.69, 9.17) is 14.2 Å². The Morgan fingerprint density at radius 1 is 1.00 bits per heavy atom. The van der Waals surface area contributed by atoms with Crippen molar-refractivity contribution in [3.8, 4) is 16.9 Å². The number of amides is 1. The van der Waals surface area contributed by atoms with Crippen LogP contribution in [0.25, 0.3) is 17.2 Å². The summed E-state index contributed by atoms with van der Waals surface area (Å²) in [5, 5.41) is 3.11. The van der Waals surface area contributed by atoms with Gasteiger partial charge in [0.1, 0.15) is 12.4 Å². The van der Waals surface area contributed by atoms with E-state index in [1.54, 1.807) is 6.33 Å². The Kier molecular flexibility index (Phi) is 14.1. The molecule has 2 aliphatic heterocycles. The number of hydrogen-bond acceptors (Lipinski definition) is 8. The van der Waals surface area contributed by atoms with E-state index in [0.717, 1.165) is 110 Å². The highest BCUT2D eigenvalue weighted by molar-refractivity contribution is 7.84. The van der Waals surface area contributed by atoms with Crippen molar-refractivity contribution in [2.24, 2.45) is 0 Å². The van der Waals surface area contributed by atoms with Crippen molar-refractivity contribution in [3.63, 3.8) is 0 Å². The highest BCUT2D eigenvalue weighted by Gasteiger charge is 2.24. The Hall–Kier alpha value is -4.29. The third-order valence-corrected chi connectivity index (χ3v) is 11.4. The van der Waals surface area contributed by atoms with Crippen LogP contribution >= 0.6 is 0 Å². The highest BCUT2D eigenvalue weighted by Crippen LogP contribution is 2.33. The fourth-order valence-corrected chi connectivity index (χ4v) is 8.19. The Morgan fingerprint density at radius 2 is 1.80 bits per heavy atom. The first-order chi connectivity index (χ1) is 26.3. The molecule has 4 aromatic rings. The molecule has 1 aromatic heterocycles. The summed E-state index contributed by atoms with van der Waals surface area (Å²) in [7, 11) is 0.911. The van der Waals surface area contributed by atoms with Gasteiger partial charge >= 0.3 is 0 Å². The number of aromatic nitrogens is 2. The van der Waals surface area contributed by atoms with Crippen molar-refractivity contribution in [2.45, 2.75) is 69.8 Å². The van der Waals surface area contributed by atoms with Crippen LogP contribution < -0.4 is 15.0 Å². The van der Waals surface area contributed by atoms with Crippen LogP contribution in [0.1, 0.15) is 56.5 Å². The number of carbonyl (C=O) groups is 1. The molecule has 3 heterocycles. The summed E-state index contributed by atoms with van der Waals surface area (Å²) in [4.78, 5) is 23.7. The number of likely N-dealkylation sites (N-methyl/N-ethyl adjacent to an activating group) is 1. The summed E-state index contributed by atoms with van der Waals surface area (Å²) < 4.78 is 33.0. The monoisotopic (exact) mass is 753 g/mol. The summed E-state index contributed by atoms with van der Waals surface area (Å²) in [6.45, 7) is 13.0. The molecule has 1 fully saturated rings. The van der Waals surface area contributed by atoms with Gasteiger partial charge in [-0.3, -0.25) is 9.00 Å². The van der Waals surface area contributed by atoms with E-state index < -0.39 is 10.8 Å². The molecule has 54 heavy (non-hydrogen) atoms. The van der Waals surface area contributed by atoms with Crippen LogP contribution in [0.4, 0.5) is 11.4 Å². The average Bonchev–Trinajstić information content (AvgIpc) is 3.53. The third-order valence-electron chi connectivity index (χ3n) is 10.1. The van der Waals surface area contributed by atoms with Crippen LogP contribution in [-0.4, -0.2) is 90.3 Å². The second kappa shape index (κ2) is 19.3. The number of morpholine rings is 1. The fourth-order valence-electron chi connectivity index (χ4n) is 6.96. The van der Waals surface area contributed by atoms with Crippen molar-refractivity contribution in [3.05, 3.63) is 95.6 Å². The van der Waals surface area contributed by atoms with E-state index in [-0.39, 0.29) is 12.0 Å². The summed E-state index contributed by atoms with van der Waals surface area (Å²) >= 11 is 0. The lowest BCUT2D eigenvalue weighted by molar-refractivity contribution is -0.112. The number of nitrogens with zero attached hydrogens (tertiary/aromatic N) is 4. The Bertz CT molecular complexity index is 1890. The van der Waals surface area contributed by atoms with Crippen molar-refractivity contribution >= 4 is 34.2 Å². The number of hydrogen-bond donors (Lipinski definition) is 1. The molecule has 10 nitrogen and oxygen atoms in total. The normalized spacial score (nSPS) is 16.9. The number of aryl methyl sites for hydroxylation is 2. The first-order valence-corrected chi connectivity index (χ1v) is 20.6. The standard InChI is InChI=1S/C43H55N5O5S/c1-5-7-22-51-24-25-53-38-15-10-33(11-16-38)34-12-19-41-36(26-34)27-35(9-8-20-48(41)29-39-28-46(4)21-23-52-39)43(49)45-37-13-17-40(18-14-37)54(50)30-42-32(3)44-31-47(42)6-2/h10-19,26-27,31,39H,5-9,20-25,28-30H2,1-4H3,(H,45,49)/t39-,54+/m1/s1. The van der Waals surface area contributed by atoms with Gasteiger partial charge in [0.25, 0.3) is 5.91 Å². The minimum Gasteiger partial charge on any atom is -0.491 e. The van der Waals surface area contributed by atoms with E-state index in [9.17, 15) is 9.00 Å². The molecule has 1 N–H and O–H groups in total. The number of imidazole rings is 1. The highest BCUT2D eigenvalue weighted by atomic mass is 32.2. The van der Waals surface area contributed by atoms with Gasteiger partial charge in [0, 0.05) is 61.2 Å². The fraction of sp³-hybridized carbons (Fsp3) is 0.442. The van der Waals surface area contributed by atoms with E-state index in [0.29, 0.717) is 36.0 Å². The molecule has 3 aromatic carbocycles. The molecular formula is C43H55N5O5S. The topological polar surface area (TPSA) is 98.2 Å². The SMILES string of the molecule is CCCCOCCOc1ccc(-c2ccc3c(c2)C=C(C(=O)Nc2ccc([S@@](=O)Cc4c(C)ncn4CC)cc2)CCCN3C[C@H]2CN(C)CCO2)cc1. The van der Waals surface area contributed by atoms with E-state index in [1.165, 1.54) is 0 Å². The number of benzene rings is 3. The number of carbonyl (C=O) groups excluding carboxylic acids is 1. The van der Waals surface area contributed by atoms with Gasteiger partial charge in [0.2, 0.25) is 0 Å². The lowest BCUT2D eigenvalue weighted by Gasteiger charge is -2.36. The quantitative estimate of drug-likeness (QED) is 0.119. The molecule has 0 saturated carbocycles. The maximum Gasteiger partial charge on any atom is 0.251 e. The maximum absolute atomic E-state index is 13.9. The van der Waals surface area contributed by atoms with Gasteiger partial charge in [-0.1, -0.05) is 31.5 Å². The number of unbranched alkanes of at least 4 members (excludes halogenated alkanes) is 1. The summed E-state index contributed by atoms with van der Waals surface area (Å²) in [6, 6.07) is 22.0. The van der Waals surface area contributed by atoms with Crippen molar-refractivity contribution < 1.29 is 23.2 Å². The molecule has 6 rings (SSSR count). The third kappa shape index (κ3) is 10.5. The number of anilines is 2. The molecule has 0 unspecified atom stereocenters. The second-order valence-corrected chi connectivity index (χ2v) is 15.6. The summed E-state index contributed by atoms with van der Waals surface area (Å²) in [5.41, 5.74) is 7.50. The maximum atomic E-state index is 13.9. The minimum absolute atomic E-state index is 0.113. The van der Waals surface area contributed by atoms with Crippen molar-refractivity contribution in [2.75, 3.05) is 69.9 Å². The van der Waals surface area contributed by atoms with Gasteiger partial charge < -0.3 is 33.9 Å². The first kappa shape index (κ1) is 39.4. The lowest BCUT2D eigenvalue weighted by atomic mass is 9.96. The molecule has 288 valence electrons. The number of rotatable bonds is 16.